The van der Waals surface area contributed by atoms with Gasteiger partial charge in [-0.25, -0.2) is 0 Å². The zero-order chi connectivity index (χ0) is 12.7. The average molecular weight is 248 g/mol. The monoisotopic (exact) mass is 248 g/mol. The number of aryl methyl sites for hydroxylation is 1. The molecule has 0 aromatic carbocycles. The normalized spacial score (nSPS) is 33.9. The summed E-state index contributed by atoms with van der Waals surface area (Å²) in [4.78, 5) is 12.3. The van der Waals surface area contributed by atoms with Crippen LogP contribution in [0.5, 0.6) is 0 Å². The quantitative estimate of drug-likeness (QED) is 0.753. The molecule has 4 atom stereocenters. The zero-order valence-electron chi connectivity index (χ0n) is 10.6. The van der Waals surface area contributed by atoms with Gasteiger partial charge in [-0.1, -0.05) is 6.92 Å². The number of nitrogens with one attached hydrogen (secondary N) is 2. The lowest BCUT2D eigenvalue weighted by molar-refractivity contribution is -0.121. The van der Waals surface area contributed by atoms with E-state index >= 15 is 0 Å². The fraction of sp³-hybridized carbons (Fsp3) is 0.692. The van der Waals surface area contributed by atoms with Gasteiger partial charge < -0.3 is 11.1 Å². The Morgan fingerprint density at radius 2 is 2.33 bits per heavy atom. The van der Waals surface area contributed by atoms with Gasteiger partial charge in [-0.05, 0) is 37.5 Å². The number of nitrogens with zero attached hydrogens (tertiary/aromatic N) is 1. The molecule has 1 heterocycles. The molecule has 0 aliphatic heterocycles. The number of amides is 1. The van der Waals surface area contributed by atoms with Gasteiger partial charge in [-0.15, -0.1) is 0 Å². The van der Waals surface area contributed by atoms with Crippen molar-refractivity contribution >= 4 is 11.7 Å². The number of nitrogens with two attached hydrogens (primary N) is 1. The lowest BCUT2D eigenvalue weighted by Crippen LogP contribution is -2.42. The molecule has 98 valence electrons. The fourth-order valence-electron chi connectivity index (χ4n) is 3.54. The number of carbonyl (C=O) groups is 1. The van der Waals surface area contributed by atoms with Crippen molar-refractivity contribution in [1.82, 2.24) is 10.2 Å². The Balaban J connectivity index is 1.68. The van der Waals surface area contributed by atoms with E-state index in [0.29, 0.717) is 17.7 Å². The van der Waals surface area contributed by atoms with Gasteiger partial charge in [0.2, 0.25) is 5.91 Å². The van der Waals surface area contributed by atoms with Crippen LogP contribution in [0, 0.1) is 17.8 Å². The molecule has 1 aromatic heterocycles. The van der Waals surface area contributed by atoms with Crippen LogP contribution in [0.3, 0.4) is 0 Å². The Labute approximate surface area is 107 Å². The summed E-state index contributed by atoms with van der Waals surface area (Å²) >= 11 is 0. The first-order valence-electron chi connectivity index (χ1n) is 6.79. The molecule has 2 saturated carbocycles. The number of carbonyl (C=O) groups excluding carboxylic acids is 1. The molecule has 2 aliphatic rings. The smallest absolute Gasteiger partial charge is 0.230 e. The van der Waals surface area contributed by atoms with Crippen molar-refractivity contribution in [2.24, 2.45) is 23.5 Å². The van der Waals surface area contributed by atoms with Gasteiger partial charge in [0.1, 0.15) is 0 Å². The molecule has 5 heteroatoms. The summed E-state index contributed by atoms with van der Waals surface area (Å²) in [5, 5.41) is 9.88. The fourth-order valence-corrected chi connectivity index (χ4v) is 3.54. The van der Waals surface area contributed by atoms with Crippen molar-refractivity contribution in [3.63, 3.8) is 0 Å². The van der Waals surface area contributed by atoms with Crippen LogP contribution < -0.4 is 11.1 Å². The molecule has 1 aromatic rings. The second-order valence-electron chi connectivity index (χ2n) is 5.56. The molecule has 4 unspecified atom stereocenters. The number of anilines is 1. The first kappa shape index (κ1) is 11.7. The SMILES string of the molecule is CCc1cc(NC(=O)C2C3CCC(C3)C2N)n[nH]1. The van der Waals surface area contributed by atoms with Gasteiger partial charge in [-0.3, -0.25) is 9.89 Å². The molecule has 5 nitrogen and oxygen atoms in total. The predicted molar refractivity (Wildman–Crippen MR) is 68.9 cm³/mol. The number of rotatable bonds is 3. The third kappa shape index (κ3) is 1.82. The molecule has 0 radical (unpaired) electrons. The van der Waals surface area contributed by atoms with Gasteiger partial charge >= 0.3 is 0 Å². The standard InChI is InChI=1S/C13H20N4O/c1-2-9-6-10(17-16-9)15-13(18)11-7-3-4-8(5-7)12(11)14/h6-8,11-12H,2-5,14H2,1H3,(H2,15,16,17,18). The van der Waals surface area contributed by atoms with Crippen LogP contribution in [-0.2, 0) is 11.2 Å². The van der Waals surface area contributed by atoms with Crippen molar-refractivity contribution < 1.29 is 4.79 Å². The highest BCUT2D eigenvalue weighted by atomic mass is 16.2. The van der Waals surface area contributed by atoms with Crippen LogP contribution in [0.15, 0.2) is 6.07 Å². The maximum absolute atomic E-state index is 12.3. The van der Waals surface area contributed by atoms with E-state index in [-0.39, 0.29) is 17.9 Å². The highest BCUT2D eigenvalue weighted by Crippen LogP contribution is 2.47. The molecule has 0 spiro atoms. The highest BCUT2D eigenvalue weighted by molar-refractivity contribution is 5.92. The largest absolute Gasteiger partial charge is 0.327 e. The second kappa shape index (κ2) is 4.39. The van der Waals surface area contributed by atoms with Crippen molar-refractivity contribution in [2.45, 2.75) is 38.6 Å². The van der Waals surface area contributed by atoms with E-state index in [1.807, 2.05) is 13.0 Å². The van der Waals surface area contributed by atoms with Crippen LogP contribution in [0.4, 0.5) is 5.82 Å². The molecular weight excluding hydrogens is 228 g/mol. The summed E-state index contributed by atoms with van der Waals surface area (Å²) in [5.41, 5.74) is 7.19. The molecular formula is C13H20N4O. The molecule has 18 heavy (non-hydrogen) atoms. The molecule has 1 amide bonds. The van der Waals surface area contributed by atoms with Crippen molar-refractivity contribution in [3.8, 4) is 0 Å². The molecule has 2 aliphatic carbocycles. The van der Waals surface area contributed by atoms with Crippen LogP contribution in [0.1, 0.15) is 31.9 Å². The minimum atomic E-state index is -0.0227. The summed E-state index contributed by atoms with van der Waals surface area (Å²) in [5.74, 6) is 1.67. The average Bonchev–Trinajstić information content (AvgIpc) is 3.03. The van der Waals surface area contributed by atoms with E-state index in [1.165, 1.54) is 6.42 Å². The molecule has 2 bridgehead atoms. The number of aromatic amines is 1. The topological polar surface area (TPSA) is 83.8 Å². The van der Waals surface area contributed by atoms with Crippen LogP contribution in [0.2, 0.25) is 0 Å². The Bertz CT molecular complexity index is 454. The number of hydrogen-bond acceptors (Lipinski definition) is 3. The lowest BCUT2D eigenvalue weighted by Gasteiger charge is -2.26. The minimum absolute atomic E-state index is 0.0227. The maximum Gasteiger partial charge on any atom is 0.230 e. The van der Waals surface area contributed by atoms with E-state index in [1.54, 1.807) is 0 Å². The molecule has 2 fully saturated rings. The van der Waals surface area contributed by atoms with Crippen LogP contribution >= 0.6 is 0 Å². The summed E-state index contributed by atoms with van der Waals surface area (Å²) in [6.07, 6.45) is 4.35. The third-order valence-electron chi connectivity index (χ3n) is 4.55. The van der Waals surface area contributed by atoms with Crippen LogP contribution in [0.25, 0.3) is 0 Å². The van der Waals surface area contributed by atoms with Gasteiger partial charge in [0, 0.05) is 17.8 Å². The van der Waals surface area contributed by atoms with Crippen molar-refractivity contribution in [2.75, 3.05) is 5.32 Å². The Hall–Kier alpha value is -1.36. The Morgan fingerprint density at radius 3 is 2.94 bits per heavy atom. The summed E-state index contributed by atoms with van der Waals surface area (Å²) < 4.78 is 0. The third-order valence-corrected chi connectivity index (χ3v) is 4.55. The zero-order valence-corrected chi connectivity index (χ0v) is 10.6. The molecule has 4 N–H and O–H groups in total. The van der Waals surface area contributed by atoms with E-state index in [9.17, 15) is 4.79 Å². The molecule has 3 rings (SSSR count). The first-order chi connectivity index (χ1) is 8.69. The first-order valence-corrected chi connectivity index (χ1v) is 6.79. The maximum atomic E-state index is 12.3. The van der Waals surface area contributed by atoms with Gasteiger partial charge in [0.25, 0.3) is 0 Å². The van der Waals surface area contributed by atoms with Crippen LogP contribution in [-0.4, -0.2) is 22.1 Å². The minimum Gasteiger partial charge on any atom is -0.327 e. The van der Waals surface area contributed by atoms with Gasteiger partial charge in [0.15, 0.2) is 5.82 Å². The highest BCUT2D eigenvalue weighted by Gasteiger charge is 2.49. The van der Waals surface area contributed by atoms with E-state index in [4.69, 9.17) is 5.73 Å². The van der Waals surface area contributed by atoms with Crippen molar-refractivity contribution in [1.29, 1.82) is 0 Å². The van der Waals surface area contributed by atoms with Gasteiger partial charge in [-0.2, -0.15) is 5.10 Å². The Morgan fingerprint density at radius 1 is 1.56 bits per heavy atom. The predicted octanol–water partition coefficient (Wildman–Crippen LogP) is 1.28. The summed E-state index contributed by atoms with van der Waals surface area (Å²) in [7, 11) is 0. The van der Waals surface area contributed by atoms with E-state index in [2.05, 4.69) is 15.5 Å². The summed E-state index contributed by atoms with van der Waals surface area (Å²) in [6, 6.07) is 1.92. The van der Waals surface area contributed by atoms with Gasteiger partial charge in [0.05, 0.1) is 5.92 Å². The van der Waals surface area contributed by atoms with Crippen molar-refractivity contribution in [3.05, 3.63) is 11.8 Å². The number of fused-ring (bicyclic) bond motifs is 2. The second-order valence-corrected chi connectivity index (χ2v) is 5.56. The number of hydrogen-bond donors (Lipinski definition) is 3. The lowest BCUT2D eigenvalue weighted by atomic mass is 9.84. The summed E-state index contributed by atoms with van der Waals surface area (Å²) in [6.45, 7) is 2.05. The van der Waals surface area contributed by atoms with E-state index < -0.39 is 0 Å². The number of aromatic nitrogens is 2. The van der Waals surface area contributed by atoms with E-state index in [0.717, 1.165) is 25.0 Å². The molecule has 0 saturated heterocycles. The number of H-pyrrole nitrogens is 1. The Kier molecular flexibility index (Phi) is 2.86.